The van der Waals surface area contributed by atoms with Gasteiger partial charge in [-0.15, -0.1) is 0 Å². The molecule has 138 valence electrons. The van der Waals surface area contributed by atoms with Crippen LogP contribution in [0.4, 0.5) is 5.69 Å². The van der Waals surface area contributed by atoms with Gasteiger partial charge in [0.2, 0.25) is 5.91 Å². The number of hydrogen-bond donors (Lipinski definition) is 2. The maximum absolute atomic E-state index is 12.1. The first kappa shape index (κ1) is 18.7. The molecule has 3 aromatic rings. The Morgan fingerprint density at radius 1 is 1.00 bits per heavy atom. The van der Waals surface area contributed by atoms with Crippen LogP contribution in [-0.4, -0.2) is 18.2 Å². The summed E-state index contributed by atoms with van der Waals surface area (Å²) in [6, 6.07) is 18.1. The Kier molecular flexibility index (Phi) is 5.94. The predicted molar refractivity (Wildman–Crippen MR) is 106 cm³/mol. The molecule has 0 unspecified atom stereocenters. The van der Waals surface area contributed by atoms with Crippen LogP contribution in [-0.2, 0) is 11.3 Å². The molecule has 2 N–H and O–H groups in total. The van der Waals surface area contributed by atoms with Gasteiger partial charge < -0.3 is 15.1 Å². The molecule has 5 nitrogen and oxygen atoms in total. The number of furan rings is 1. The summed E-state index contributed by atoms with van der Waals surface area (Å²) in [4.78, 5) is 23.7. The van der Waals surface area contributed by atoms with Gasteiger partial charge in [-0.1, -0.05) is 23.7 Å². The highest BCUT2D eigenvalue weighted by molar-refractivity contribution is 6.30. The molecule has 0 atom stereocenters. The molecule has 1 amide bonds. The maximum Gasteiger partial charge on any atom is 0.239 e. The number of carbonyl (C=O) groups is 2. The van der Waals surface area contributed by atoms with Crippen LogP contribution in [0.1, 0.15) is 23.0 Å². The molecule has 3 rings (SSSR count). The van der Waals surface area contributed by atoms with Crippen LogP contribution in [0.15, 0.2) is 65.1 Å². The predicted octanol–water partition coefficient (Wildman–Crippen LogP) is 4.53. The fourth-order valence-corrected chi connectivity index (χ4v) is 2.74. The third kappa shape index (κ3) is 4.99. The highest BCUT2D eigenvalue weighted by Crippen LogP contribution is 2.23. The number of anilines is 1. The molecule has 0 aliphatic carbocycles. The second-order valence-corrected chi connectivity index (χ2v) is 6.44. The zero-order valence-electron chi connectivity index (χ0n) is 14.8. The van der Waals surface area contributed by atoms with Crippen molar-refractivity contribution in [1.82, 2.24) is 5.32 Å². The molecule has 0 saturated heterocycles. The average molecular weight is 383 g/mol. The Bertz CT molecular complexity index is 948. The van der Waals surface area contributed by atoms with E-state index in [9.17, 15) is 9.59 Å². The van der Waals surface area contributed by atoms with E-state index in [-0.39, 0.29) is 24.8 Å². The lowest BCUT2D eigenvalue weighted by Crippen LogP contribution is -2.29. The Balaban J connectivity index is 1.53. The van der Waals surface area contributed by atoms with Crippen LogP contribution in [0.3, 0.4) is 0 Å². The summed E-state index contributed by atoms with van der Waals surface area (Å²) in [5, 5.41) is 6.45. The van der Waals surface area contributed by atoms with Crippen LogP contribution in [0.2, 0.25) is 5.02 Å². The smallest absolute Gasteiger partial charge is 0.239 e. The summed E-state index contributed by atoms with van der Waals surface area (Å²) in [5.74, 6) is 1.11. The van der Waals surface area contributed by atoms with Crippen molar-refractivity contribution in [2.45, 2.75) is 13.5 Å². The van der Waals surface area contributed by atoms with Gasteiger partial charge in [-0.05, 0) is 55.5 Å². The highest BCUT2D eigenvalue weighted by atomic mass is 35.5. The summed E-state index contributed by atoms with van der Waals surface area (Å²) in [6.07, 6.45) is 0. The van der Waals surface area contributed by atoms with E-state index in [1.54, 1.807) is 30.3 Å². The number of halogens is 1. The van der Waals surface area contributed by atoms with Crippen molar-refractivity contribution in [2.75, 3.05) is 11.9 Å². The quantitative estimate of drug-likeness (QED) is 0.589. The minimum Gasteiger partial charge on any atom is -0.459 e. The number of nitrogens with one attached hydrogen (secondary N) is 2. The number of rotatable bonds is 7. The molecule has 1 aromatic heterocycles. The Morgan fingerprint density at radius 2 is 1.74 bits per heavy atom. The van der Waals surface area contributed by atoms with Gasteiger partial charge in [-0.2, -0.15) is 0 Å². The van der Waals surface area contributed by atoms with Gasteiger partial charge in [0.05, 0.1) is 13.1 Å². The summed E-state index contributed by atoms with van der Waals surface area (Å²) < 4.78 is 5.75. The Hall–Kier alpha value is -3.05. The van der Waals surface area contributed by atoms with Gasteiger partial charge in [0.25, 0.3) is 0 Å². The van der Waals surface area contributed by atoms with E-state index < -0.39 is 0 Å². The summed E-state index contributed by atoms with van der Waals surface area (Å²) >= 11 is 5.89. The normalized spacial score (nSPS) is 10.4. The first-order chi connectivity index (χ1) is 13.0. The lowest BCUT2D eigenvalue weighted by molar-refractivity contribution is -0.119. The van der Waals surface area contributed by atoms with Crippen molar-refractivity contribution in [3.05, 3.63) is 77.0 Å². The molecule has 0 aliphatic heterocycles. The van der Waals surface area contributed by atoms with Crippen molar-refractivity contribution in [2.24, 2.45) is 0 Å². The van der Waals surface area contributed by atoms with Crippen LogP contribution in [0.25, 0.3) is 11.3 Å². The van der Waals surface area contributed by atoms with Crippen molar-refractivity contribution < 1.29 is 14.0 Å². The minimum atomic E-state index is -0.196. The number of hydrogen-bond acceptors (Lipinski definition) is 4. The first-order valence-corrected chi connectivity index (χ1v) is 8.86. The summed E-state index contributed by atoms with van der Waals surface area (Å²) in [7, 11) is 0. The SMILES string of the molecule is CC(=O)c1ccccc1NCC(=O)NCc1ccc(-c2ccc(Cl)cc2)o1. The van der Waals surface area contributed by atoms with Crippen molar-refractivity contribution in [3.8, 4) is 11.3 Å². The van der Waals surface area contributed by atoms with Crippen LogP contribution < -0.4 is 10.6 Å². The fraction of sp³-hybridized carbons (Fsp3) is 0.143. The van der Waals surface area contributed by atoms with Gasteiger partial charge in [-0.25, -0.2) is 0 Å². The maximum atomic E-state index is 12.1. The van der Waals surface area contributed by atoms with Crippen LogP contribution in [0, 0.1) is 0 Å². The second-order valence-electron chi connectivity index (χ2n) is 6.00. The molecule has 0 radical (unpaired) electrons. The third-order valence-corrected chi connectivity index (χ3v) is 4.25. The number of Topliss-reactive ketones (excluding diaryl/α,β-unsaturated/α-hetero) is 1. The minimum absolute atomic E-state index is 0.0520. The van der Waals surface area contributed by atoms with E-state index in [4.69, 9.17) is 16.0 Å². The van der Waals surface area contributed by atoms with Gasteiger partial charge in [0.1, 0.15) is 11.5 Å². The number of ketones is 1. The van der Waals surface area contributed by atoms with E-state index in [0.29, 0.717) is 27.8 Å². The van der Waals surface area contributed by atoms with E-state index in [2.05, 4.69) is 10.6 Å². The van der Waals surface area contributed by atoms with Gasteiger partial charge >= 0.3 is 0 Å². The zero-order valence-corrected chi connectivity index (χ0v) is 15.5. The van der Waals surface area contributed by atoms with E-state index >= 15 is 0 Å². The van der Waals surface area contributed by atoms with Crippen molar-refractivity contribution in [3.63, 3.8) is 0 Å². The Labute approximate surface area is 162 Å². The third-order valence-electron chi connectivity index (χ3n) is 4.00. The molecule has 1 heterocycles. The van der Waals surface area contributed by atoms with Gasteiger partial charge in [0, 0.05) is 21.8 Å². The van der Waals surface area contributed by atoms with E-state index in [1.165, 1.54) is 6.92 Å². The van der Waals surface area contributed by atoms with Crippen molar-refractivity contribution in [1.29, 1.82) is 0 Å². The molecule has 0 bridgehead atoms. The largest absolute Gasteiger partial charge is 0.459 e. The number of amides is 1. The molecule has 27 heavy (non-hydrogen) atoms. The van der Waals surface area contributed by atoms with Crippen LogP contribution >= 0.6 is 11.6 Å². The van der Waals surface area contributed by atoms with Gasteiger partial charge in [-0.3, -0.25) is 9.59 Å². The summed E-state index contributed by atoms with van der Waals surface area (Å²) in [5.41, 5.74) is 2.12. The molecule has 0 aliphatic rings. The molecule has 0 saturated carbocycles. The second kappa shape index (κ2) is 8.56. The number of para-hydroxylation sites is 1. The molecule has 6 heteroatoms. The zero-order chi connectivity index (χ0) is 19.2. The summed E-state index contributed by atoms with van der Waals surface area (Å²) in [6.45, 7) is 1.84. The lowest BCUT2D eigenvalue weighted by Gasteiger charge is -2.10. The number of benzene rings is 2. The first-order valence-electron chi connectivity index (χ1n) is 8.48. The molecular weight excluding hydrogens is 364 g/mol. The van der Waals surface area contributed by atoms with Gasteiger partial charge in [0.15, 0.2) is 5.78 Å². The molecule has 0 fully saturated rings. The van der Waals surface area contributed by atoms with E-state index in [1.807, 2.05) is 30.3 Å². The standard InChI is InChI=1S/C21H19ClN2O3/c1-14(25)18-4-2-3-5-19(18)23-13-21(26)24-12-17-10-11-20(27-17)15-6-8-16(22)9-7-15/h2-11,23H,12-13H2,1H3,(H,24,26). The Morgan fingerprint density at radius 3 is 2.48 bits per heavy atom. The average Bonchev–Trinajstić information content (AvgIpc) is 3.14. The molecular formula is C21H19ClN2O3. The topological polar surface area (TPSA) is 71.3 Å². The van der Waals surface area contributed by atoms with E-state index in [0.717, 1.165) is 5.56 Å². The van der Waals surface area contributed by atoms with Crippen LogP contribution in [0.5, 0.6) is 0 Å². The molecule has 2 aromatic carbocycles. The monoisotopic (exact) mass is 382 g/mol. The fourth-order valence-electron chi connectivity index (χ4n) is 2.61. The van der Waals surface area contributed by atoms with Crippen molar-refractivity contribution >= 4 is 29.0 Å². The number of carbonyl (C=O) groups excluding carboxylic acids is 2. The molecule has 0 spiro atoms. The lowest BCUT2D eigenvalue weighted by atomic mass is 10.1. The highest BCUT2D eigenvalue weighted by Gasteiger charge is 2.09.